The summed E-state index contributed by atoms with van der Waals surface area (Å²) < 4.78 is 45.8. The smallest absolute Gasteiger partial charge is 0.230 e. The van der Waals surface area contributed by atoms with Gasteiger partial charge in [0.2, 0.25) is 11.8 Å². The summed E-state index contributed by atoms with van der Waals surface area (Å²) >= 11 is 0. The molecule has 5 nitrogen and oxygen atoms in total. The second kappa shape index (κ2) is 7.70. The molecule has 8 heteroatoms. The van der Waals surface area contributed by atoms with Gasteiger partial charge in [-0.1, -0.05) is 19.0 Å². The molecule has 1 heterocycles. The molecule has 1 fully saturated rings. The van der Waals surface area contributed by atoms with E-state index in [0.717, 1.165) is 18.9 Å². The van der Waals surface area contributed by atoms with E-state index in [1.807, 2.05) is 13.8 Å². The number of rotatable bonds is 8. The van der Waals surface area contributed by atoms with Gasteiger partial charge in [0, 0.05) is 17.9 Å². The average Bonchev–Trinajstić information content (AvgIpc) is 3.33. The molecular weight excluding hydrogens is 359 g/mol. The Morgan fingerprint density at radius 2 is 1.89 bits per heavy atom. The Labute approximate surface area is 155 Å². The minimum absolute atomic E-state index is 0.00754. The number of hydrogen-bond acceptors (Lipinski definition) is 4. The molecule has 146 valence electrons. The van der Waals surface area contributed by atoms with E-state index in [9.17, 15) is 18.0 Å². The second-order valence-electron chi connectivity index (χ2n) is 7.44. The zero-order chi connectivity index (χ0) is 19.7. The number of halogens is 3. The lowest BCUT2D eigenvalue weighted by Crippen LogP contribution is -2.32. The van der Waals surface area contributed by atoms with E-state index in [4.69, 9.17) is 10.3 Å². The normalized spacial score (nSPS) is 16.5. The number of primary amides is 1. The number of nitrogens with two attached hydrogens (primary N) is 1. The molecule has 3 rings (SSSR count). The summed E-state index contributed by atoms with van der Waals surface area (Å²) in [5.74, 6) is -3.72. The van der Waals surface area contributed by atoms with Crippen molar-refractivity contribution in [3.8, 4) is 0 Å². The largest absolute Gasteiger partial charge is 0.369 e. The molecule has 0 spiro atoms. The zero-order valence-corrected chi connectivity index (χ0v) is 15.2. The Balaban J connectivity index is 1.81. The fourth-order valence-electron chi connectivity index (χ4n) is 3.38. The predicted octanol–water partition coefficient (Wildman–Crippen LogP) is 3.84. The van der Waals surface area contributed by atoms with Gasteiger partial charge in [0.25, 0.3) is 0 Å². The number of carbonyl (C=O) groups excluding carboxylic acids is 1. The summed E-state index contributed by atoms with van der Waals surface area (Å²) in [6.45, 7) is 3.81. The molecule has 2 atom stereocenters. The molecule has 1 aromatic carbocycles. The minimum atomic E-state index is -1.25. The fraction of sp³-hybridized carbons (Fsp3) is 0.526. The predicted molar refractivity (Wildman–Crippen MR) is 91.2 cm³/mol. The van der Waals surface area contributed by atoms with Gasteiger partial charge in [0.05, 0.1) is 5.92 Å². The van der Waals surface area contributed by atoms with Crippen LogP contribution in [0.2, 0.25) is 0 Å². The van der Waals surface area contributed by atoms with Gasteiger partial charge in [-0.3, -0.25) is 4.79 Å². The third-order valence-corrected chi connectivity index (χ3v) is 5.02. The third kappa shape index (κ3) is 4.31. The Bertz CT molecular complexity index is 834. The molecule has 27 heavy (non-hydrogen) atoms. The van der Waals surface area contributed by atoms with Crippen LogP contribution in [0.5, 0.6) is 0 Å². The summed E-state index contributed by atoms with van der Waals surface area (Å²) in [4.78, 5) is 16.5. The Morgan fingerprint density at radius 1 is 1.22 bits per heavy atom. The number of aryl methyl sites for hydroxylation is 1. The summed E-state index contributed by atoms with van der Waals surface area (Å²) in [7, 11) is 0. The van der Waals surface area contributed by atoms with E-state index in [-0.39, 0.29) is 24.3 Å². The number of nitrogens with zero attached hydrogens (tertiary/aromatic N) is 2. The zero-order valence-electron chi connectivity index (χ0n) is 15.2. The second-order valence-corrected chi connectivity index (χ2v) is 7.44. The van der Waals surface area contributed by atoms with E-state index >= 15 is 0 Å². The first kappa shape index (κ1) is 19.4. The first-order chi connectivity index (χ1) is 12.8. The quantitative estimate of drug-likeness (QED) is 0.705. The van der Waals surface area contributed by atoms with Crippen LogP contribution in [0.3, 0.4) is 0 Å². The van der Waals surface area contributed by atoms with Crippen molar-refractivity contribution in [1.29, 1.82) is 0 Å². The maximum absolute atomic E-state index is 13.9. The van der Waals surface area contributed by atoms with Crippen molar-refractivity contribution in [2.24, 2.45) is 17.6 Å². The maximum atomic E-state index is 13.9. The molecule has 2 N–H and O–H groups in total. The summed E-state index contributed by atoms with van der Waals surface area (Å²) in [6.07, 6.45) is 2.21. The summed E-state index contributed by atoms with van der Waals surface area (Å²) in [5, 5.41) is 3.99. The van der Waals surface area contributed by atoms with Gasteiger partial charge < -0.3 is 10.3 Å². The molecule has 0 aliphatic heterocycles. The molecule has 1 saturated carbocycles. The van der Waals surface area contributed by atoms with Crippen LogP contribution in [0.4, 0.5) is 13.2 Å². The van der Waals surface area contributed by atoms with Crippen LogP contribution in [0.15, 0.2) is 16.7 Å². The van der Waals surface area contributed by atoms with Crippen molar-refractivity contribution in [1.82, 2.24) is 10.1 Å². The van der Waals surface area contributed by atoms with Gasteiger partial charge in [-0.25, -0.2) is 13.2 Å². The van der Waals surface area contributed by atoms with Gasteiger partial charge >= 0.3 is 0 Å². The molecule has 0 saturated heterocycles. The van der Waals surface area contributed by atoms with Crippen LogP contribution in [0, 0.1) is 29.3 Å². The number of carbonyl (C=O) groups is 1. The van der Waals surface area contributed by atoms with Gasteiger partial charge in [-0.05, 0) is 43.2 Å². The van der Waals surface area contributed by atoms with Crippen molar-refractivity contribution in [2.45, 2.75) is 51.4 Å². The van der Waals surface area contributed by atoms with Crippen molar-refractivity contribution < 1.29 is 22.5 Å². The van der Waals surface area contributed by atoms with Gasteiger partial charge in [0.1, 0.15) is 5.82 Å². The Morgan fingerprint density at radius 3 is 2.48 bits per heavy atom. The highest BCUT2D eigenvalue weighted by atomic mass is 19.2. The highest BCUT2D eigenvalue weighted by Crippen LogP contribution is 2.40. The van der Waals surface area contributed by atoms with E-state index < -0.39 is 35.2 Å². The van der Waals surface area contributed by atoms with Gasteiger partial charge in [0.15, 0.2) is 17.5 Å². The van der Waals surface area contributed by atoms with Crippen molar-refractivity contribution in [2.75, 3.05) is 0 Å². The van der Waals surface area contributed by atoms with Crippen molar-refractivity contribution in [3.63, 3.8) is 0 Å². The summed E-state index contributed by atoms with van der Waals surface area (Å²) in [6, 6.07) is 1.31. The van der Waals surface area contributed by atoms with E-state index in [1.165, 1.54) is 0 Å². The van der Waals surface area contributed by atoms with Crippen molar-refractivity contribution in [3.05, 3.63) is 46.9 Å². The van der Waals surface area contributed by atoms with Crippen LogP contribution in [0.25, 0.3) is 0 Å². The Hall–Kier alpha value is -2.38. The molecular formula is C19H22F3N3O2. The molecule has 1 amide bonds. The van der Waals surface area contributed by atoms with E-state index in [0.29, 0.717) is 23.7 Å². The standard InChI is InChI=1S/C19H22F3N3O2/c1-9(2)16(19-24-18(25-27-19)10-3-4-10)12(17(23)26)6-5-11-7-14(21)15(22)8-13(11)20/h7-10,12,16H,3-6H2,1-2H3,(H2,23,26)/t12?,16-/m0/s1. The maximum Gasteiger partial charge on any atom is 0.230 e. The highest BCUT2D eigenvalue weighted by Gasteiger charge is 2.36. The van der Waals surface area contributed by atoms with Crippen LogP contribution < -0.4 is 5.73 Å². The molecule has 0 bridgehead atoms. The summed E-state index contributed by atoms with van der Waals surface area (Å²) in [5.41, 5.74) is 5.58. The average molecular weight is 381 g/mol. The minimum Gasteiger partial charge on any atom is -0.369 e. The first-order valence-corrected chi connectivity index (χ1v) is 9.04. The van der Waals surface area contributed by atoms with Crippen LogP contribution in [0.1, 0.15) is 62.2 Å². The molecule has 1 unspecified atom stereocenters. The monoisotopic (exact) mass is 381 g/mol. The number of benzene rings is 1. The van der Waals surface area contributed by atoms with Gasteiger partial charge in [-0.15, -0.1) is 0 Å². The highest BCUT2D eigenvalue weighted by molar-refractivity contribution is 5.77. The SMILES string of the molecule is CC(C)[C@H](c1nc(C2CC2)no1)C(CCc1cc(F)c(F)cc1F)C(N)=O. The van der Waals surface area contributed by atoms with Gasteiger partial charge in [-0.2, -0.15) is 4.98 Å². The lowest BCUT2D eigenvalue weighted by atomic mass is 9.79. The van der Waals surface area contributed by atoms with Crippen LogP contribution in [-0.4, -0.2) is 16.0 Å². The fourth-order valence-corrected chi connectivity index (χ4v) is 3.38. The lowest BCUT2D eigenvalue weighted by molar-refractivity contribution is -0.123. The Kier molecular flexibility index (Phi) is 5.53. The topological polar surface area (TPSA) is 82.0 Å². The number of amides is 1. The number of hydrogen-bond donors (Lipinski definition) is 1. The van der Waals surface area contributed by atoms with Crippen molar-refractivity contribution >= 4 is 5.91 Å². The molecule has 1 aliphatic rings. The lowest BCUT2D eigenvalue weighted by Gasteiger charge is -2.25. The first-order valence-electron chi connectivity index (χ1n) is 9.04. The third-order valence-electron chi connectivity index (χ3n) is 5.02. The van der Waals surface area contributed by atoms with Crippen LogP contribution in [-0.2, 0) is 11.2 Å². The molecule has 1 aromatic heterocycles. The van der Waals surface area contributed by atoms with E-state index in [1.54, 1.807) is 0 Å². The van der Waals surface area contributed by atoms with E-state index in [2.05, 4.69) is 10.1 Å². The molecule has 1 aliphatic carbocycles. The molecule has 0 radical (unpaired) electrons. The molecule has 2 aromatic rings. The number of aromatic nitrogens is 2. The van der Waals surface area contributed by atoms with Crippen LogP contribution >= 0.6 is 0 Å².